The van der Waals surface area contributed by atoms with Gasteiger partial charge in [-0.2, -0.15) is 0 Å². The average molecular weight is 285 g/mol. The molecule has 1 atom stereocenters. The summed E-state index contributed by atoms with van der Waals surface area (Å²) in [6, 6.07) is 16.0. The van der Waals surface area contributed by atoms with Gasteiger partial charge in [0.1, 0.15) is 17.4 Å². The number of nitrogens with one attached hydrogen (secondary N) is 1. The second-order valence-corrected chi connectivity index (χ2v) is 4.49. The van der Waals surface area contributed by atoms with E-state index >= 15 is 0 Å². The molecule has 2 rings (SSSR count). The molecular formula is C16H15NO4. The van der Waals surface area contributed by atoms with E-state index in [1.54, 1.807) is 24.3 Å². The molecule has 21 heavy (non-hydrogen) atoms. The monoisotopic (exact) mass is 285 g/mol. The minimum Gasteiger partial charge on any atom is -0.481 e. The van der Waals surface area contributed by atoms with Gasteiger partial charge < -0.3 is 15.2 Å². The Kier molecular flexibility index (Phi) is 4.56. The number of carbonyl (C=O) groups excluding carboxylic acids is 1. The second kappa shape index (κ2) is 6.56. The van der Waals surface area contributed by atoms with Crippen LogP contribution in [0.5, 0.6) is 11.5 Å². The Bertz CT molecular complexity index is 622. The zero-order valence-corrected chi connectivity index (χ0v) is 11.4. The van der Waals surface area contributed by atoms with Crippen LogP contribution in [0.1, 0.15) is 6.92 Å². The molecule has 5 heteroatoms. The summed E-state index contributed by atoms with van der Waals surface area (Å²) in [5.74, 6) is -1.46. The Morgan fingerprint density at radius 1 is 1.00 bits per heavy atom. The highest BCUT2D eigenvalue weighted by atomic mass is 16.5. The number of carbonyl (C=O) groups is 2. The van der Waals surface area contributed by atoms with E-state index in [9.17, 15) is 9.59 Å². The first-order valence-corrected chi connectivity index (χ1v) is 6.43. The molecule has 0 fully saturated rings. The lowest BCUT2D eigenvalue weighted by molar-refractivity contribution is -0.144. The van der Waals surface area contributed by atoms with E-state index in [0.29, 0.717) is 17.2 Å². The quantitative estimate of drug-likeness (QED) is 0.827. The lowest BCUT2D eigenvalue weighted by atomic mass is 10.1. The molecule has 0 radical (unpaired) electrons. The summed E-state index contributed by atoms with van der Waals surface area (Å²) in [5, 5.41) is 11.3. The van der Waals surface area contributed by atoms with E-state index in [-0.39, 0.29) is 0 Å². The van der Waals surface area contributed by atoms with E-state index < -0.39 is 17.8 Å². The molecule has 5 nitrogen and oxygen atoms in total. The molecular weight excluding hydrogens is 270 g/mol. The van der Waals surface area contributed by atoms with Crippen molar-refractivity contribution >= 4 is 17.6 Å². The van der Waals surface area contributed by atoms with Crippen LogP contribution >= 0.6 is 0 Å². The third-order valence-electron chi connectivity index (χ3n) is 2.86. The van der Waals surface area contributed by atoms with E-state index in [1.807, 2.05) is 30.3 Å². The number of amides is 1. The maximum Gasteiger partial charge on any atom is 0.315 e. The zero-order valence-electron chi connectivity index (χ0n) is 11.4. The maximum atomic E-state index is 11.6. The SMILES string of the molecule is CC(C(=O)O)C(=O)Nc1ccc(Oc2ccccc2)cc1. The van der Waals surface area contributed by atoms with E-state index in [1.165, 1.54) is 6.92 Å². The van der Waals surface area contributed by atoms with Crippen LogP contribution in [0, 0.1) is 5.92 Å². The molecule has 1 amide bonds. The van der Waals surface area contributed by atoms with Crippen molar-refractivity contribution in [3.8, 4) is 11.5 Å². The lowest BCUT2D eigenvalue weighted by Gasteiger charge is -2.09. The van der Waals surface area contributed by atoms with Crippen LogP contribution in [-0.2, 0) is 9.59 Å². The van der Waals surface area contributed by atoms with Crippen molar-refractivity contribution in [2.75, 3.05) is 5.32 Å². The van der Waals surface area contributed by atoms with Crippen molar-refractivity contribution in [2.45, 2.75) is 6.92 Å². The number of benzene rings is 2. The number of hydrogen-bond donors (Lipinski definition) is 2. The summed E-state index contributed by atoms with van der Waals surface area (Å²) >= 11 is 0. The molecule has 0 aromatic heterocycles. The molecule has 0 bridgehead atoms. The van der Waals surface area contributed by atoms with Crippen molar-refractivity contribution < 1.29 is 19.4 Å². The van der Waals surface area contributed by atoms with Crippen LogP contribution < -0.4 is 10.1 Å². The van der Waals surface area contributed by atoms with Gasteiger partial charge in [0.05, 0.1) is 0 Å². The number of ether oxygens (including phenoxy) is 1. The summed E-state index contributed by atoms with van der Waals surface area (Å²) in [4.78, 5) is 22.3. The van der Waals surface area contributed by atoms with Crippen molar-refractivity contribution in [2.24, 2.45) is 5.92 Å². The number of rotatable bonds is 5. The topological polar surface area (TPSA) is 75.6 Å². The van der Waals surface area contributed by atoms with Gasteiger partial charge in [-0.05, 0) is 43.3 Å². The summed E-state index contributed by atoms with van der Waals surface area (Å²) in [6.07, 6.45) is 0. The van der Waals surface area contributed by atoms with Crippen LogP contribution in [0.4, 0.5) is 5.69 Å². The highest BCUT2D eigenvalue weighted by Crippen LogP contribution is 2.22. The molecule has 2 aromatic rings. The minimum atomic E-state index is -1.16. The van der Waals surface area contributed by atoms with Gasteiger partial charge in [-0.15, -0.1) is 0 Å². The first kappa shape index (κ1) is 14.6. The molecule has 0 saturated heterocycles. The van der Waals surface area contributed by atoms with Crippen molar-refractivity contribution in [1.82, 2.24) is 0 Å². The van der Waals surface area contributed by atoms with Gasteiger partial charge in [0.25, 0.3) is 0 Å². The number of anilines is 1. The van der Waals surface area contributed by atoms with Crippen molar-refractivity contribution in [3.05, 3.63) is 54.6 Å². The predicted molar refractivity (Wildman–Crippen MR) is 78.4 cm³/mol. The van der Waals surface area contributed by atoms with Gasteiger partial charge in [-0.1, -0.05) is 18.2 Å². The van der Waals surface area contributed by atoms with E-state index in [0.717, 1.165) is 0 Å². The van der Waals surface area contributed by atoms with Crippen LogP contribution in [-0.4, -0.2) is 17.0 Å². The van der Waals surface area contributed by atoms with Crippen LogP contribution in [0.25, 0.3) is 0 Å². The second-order valence-electron chi connectivity index (χ2n) is 4.49. The Balaban J connectivity index is 1.99. The van der Waals surface area contributed by atoms with Crippen LogP contribution in [0.3, 0.4) is 0 Å². The summed E-state index contributed by atoms with van der Waals surface area (Å²) in [7, 11) is 0. The van der Waals surface area contributed by atoms with Gasteiger partial charge in [-0.25, -0.2) is 0 Å². The van der Waals surface area contributed by atoms with Gasteiger partial charge in [0.2, 0.25) is 5.91 Å². The molecule has 2 aromatic carbocycles. The molecule has 0 saturated carbocycles. The Hall–Kier alpha value is -2.82. The normalized spacial score (nSPS) is 11.5. The number of carboxylic acids is 1. The molecule has 108 valence electrons. The highest BCUT2D eigenvalue weighted by Gasteiger charge is 2.20. The maximum absolute atomic E-state index is 11.6. The molecule has 1 unspecified atom stereocenters. The number of carboxylic acid groups (broad SMARTS) is 1. The molecule has 0 aliphatic rings. The van der Waals surface area contributed by atoms with Crippen molar-refractivity contribution in [1.29, 1.82) is 0 Å². The molecule has 0 aliphatic carbocycles. The van der Waals surface area contributed by atoms with Gasteiger partial charge in [-0.3, -0.25) is 9.59 Å². The minimum absolute atomic E-state index is 0.522. The average Bonchev–Trinajstić information content (AvgIpc) is 2.49. The zero-order chi connectivity index (χ0) is 15.2. The van der Waals surface area contributed by atoms with Gasteiger partial charge in [0.15, 0.2) is 0 Å². The fraction of sp³-hybridized carbons (Fsp3) is 0.125. The fourth-order valence-electron chi connectivity index (χ4n) is 1.59. The third kappa shape index (κ3) is 4.07. The molecule has 0 aliphatic heterocycles. The number of para-hydroxylation sites is 1. The third-order valence-corrected chi connectivity index (χ3v) is 2.86. The standard InChI is InChI=1S/C16H15NO4/c1-11(16(19)20)15(18)17-12-7-9-14(10-8-12)21-13-5-3-2-4-6-13/h2-11H,1H3,(H,17,18)(H,19,20). The smallest absolute Gasteiger partial charge is 0.315 e. The first-order chi connectivity index (χ1) is 10.1. The summed E-state index contributed by atoms with van der Waals surface area (Å²) < 4.78 is 5.62. The number of hydrogen-bond acceptors (Lipinski definition) is 3. The Morgan fingerprint density at radius 3 is 2.14 bits per heavy atom. The predicted octanol–water partition coefficient (Wildman–Crippen LogP) is 3.14. The Morgan fingerprint density at radius 2 is 1.57 bits per heavy atom. The molecule has 0 spiro atoms. The summed E-state index contributed by atoms with van der Waals surface area (Å²) in [5.41, 5.74) is 0.522. The first-order valence-electron chi connectivity index (χ1n) is 6.43. The van der Waals surface area contributed by atoms with E-state index in [2.05, 4.69) is 5.32 Å². The summed E-state index contributed by atoms with van der Waals surface area (Å²) in [6.45, 7) is 1.34. The fourth-order valence-corrected chi connectivity index (χ4v) is 1.59. The molecule has 2 N–H and O–H groups in total. The van der Waals surface area contributed by atoms with E-state index in [4.69, 9.17) is 9.84 Å². The number of aliphatic carboxylic acids is 1. The van der Waals surface area contributed by atoms with Crippen LogP contribution in [0.2, 0.25) is 0 Å². The van der Waals surface area contributed by atoms with Gasteiger partial charge in [0, 0.05) is 5.69 Å². The molecule has 0 heterocycles. The largest absolute Gasteiger partial charge is 0.481 e. The van der Waals surface area contributed by atoms with Gasteiger partial charge >= 0.3 is 5.97 Å². The van der Waals surface area contributed by atoms with Crippen molar-refractivity contribution in [3.63, 3.8) is 0 Å². The highest BCUT2D eigenvalue weighted by molar-refractivity contribution is 6.03. The Labute approximate surface area is 122 Å². The van der Waals surface area contributed by atoms with Crippen LogP contribution in [0.15, 0.2) is 54.6 Å². The lowest BCUT2D eigenvalue weighted by Crippen LogP contribution is -2.26.